The van der Waals surface area contributed by atoms with Gasteiger partial charge in [-0.1, -0.05) is 0 Å². The van der Waals surface area contributed by atoms with Crippen LogP contribution in [-0.2, 0) is 0 Å². The minimum atomic E-state index is -0.639. The molecule has 8 heavy (non-hydrogen) atoms. The lowest BCUT2D eigenvalue weighted by molar-refractivity contribution is 0.102. The van der Waals surface area contributed by atoms with Crippen molar-refractivity contribution in [2.24, 2.45) is 0 Å². The van der Waals surface area contributed by atoms with E-state index in [1.807, 2.05) is 0 Å². The number of rotatable bonds is 0. The van der Waals surface area contributed by atoms with Gasteiger partial charge in [0, 0.05) is 0 Å². The first-order chi connectivity index (χ1) is 3.41. The molecule has 0 fully saturated rings. The van der Waals surface area contributed by atoms with Gasteiger partial charge in [-0.2, -0.15) is 0 Å². The molecule has 0 bridgehead atoms. The largest absolute Gasteiger partial charge is 0.618 e. The topological polar surface area (TPSA) is 20.2 Å². The number of hydrogen-bond acceptors (Lipinski definition) is 1. The van der Waals surface area contributed by atoms with Gasteiger partial charge in [0.05, 0.1) is 5.60 Å². The van der Waals surface area contributed by atoms with Crippen LogP contribution in [0.1, 0.15) is 20.8 Å². The zero-order valence-corrected chi connectivity index (χ0v) is 8.34. The second-order valence-electron chi connectivity index (χ2n) is 2.27. The normalized spacial score (nSPS) is 8.75. The van der Waals surface area contributed by atoms with Crippen LogP contribution < -0.4 is 0 Å². The van der Waals surface area contributed by atoms with Crippen LogP contribution in [0.5, 0.6) is 0 Å². The monoisotopic (exact) mass is 168 g/mol. The first-order valence-corrected chi connectivity index (χ1v) is 6.53. The van der Waals surface area contributed by atoms with E-state index in [2.05, 4.69) is 0 Å². The van der Waals surface area contributed by atoms with E-state index in [9.17, 15) is 0 Å². The van der Waals surface area contributed by atoms with Crippen LogP contribution >= 0.6 is 18.1 Å². The van der Waals surface area contributed by atoms with Crippen molar-refractivity contribution >= 4 is 36.3 Å². The minimum absolute atomic E-state index is 0.500. The molecule has 0 saturated heterocycles. The molecule has 0 radical (unpaired) electrons. The van der Waals surface area contributed by atoms with Gasteiger partial charge in [0.2, 0.25) is 0 Å². The van der Waals surface area contributed by atoms with Crippen LogP contribution in [0.3, 0.4) is 0 Å². The Hall–Kier alpha value is 1.31. The lowest BCUT2D eigenvalue weighted by Gasteiger charge is -2.04. The van der Waals surface area contributed by atoms with Gasteiger partial charge in [-0.25, -0.2) is 0 Å². The molecule has 0 aromatic carbocycles. The zero-order valence-electron chi connectivity index (χ0n) is 5.41. The van der Waals surface area contributed by atoms with Crippen molar-refractivity contribution in [1.82, 2.24) is 0 Å². The van der Waals surface area contributed by atoms with Crippen LogP contribution in [0.15, 0.2) is 0 Å². The lowest BCUT2D eigenvalue weighted by atomic mass is 10.2. The van der Waals surface area contributed by atoms with Gasteiger partial charge in [0.15, 0.2) is 0 Å². The third-order valence-electron chi connectivity index (χ3n) is 0. The van der Waals surface area contributed by atoms with E-state index < -0.39 is 23.8 Å². The van der Waals surface area contributed by atoms with Crippen molar-refractivity contribution in [2.75, 3.05) is 0 Å². The smallest absolute Gasteiger partial charge is 0.391 e. The summed E-state index contributed by atoms with van der Waals surface area (Å²) in [6.45, 7) is 5.23. The Bertz CT molecular complexity index is 37.8. The fraction of sp³-hybridized carbons (Fsp3) is 1.00. The predicted octanol–water partition coefficient (Wildman–Crippen LogP) is 1.78. The van der Waals surface area contributed by atoms with Crippen molar-refractivity contribution in [1.29, 1.82) is 0 Å². The Kier molecular flexibility index (Phi) is 9.66. The van der Waals surface area contributed by atoms with E-state index in [0.717, 1.165) is 0 Å². The van der Waals surface area contributed by atoms with E-state index in [4.69, 9.17) is 23.2 Å². The standard InChI is InChI=1S/C4H10O.2ClH.Mg/c1-4(2,3)5;;;/h5H,1-3H3;2*1H;/q;;;+2/p-2. The molecule has 0 heterocycles. The van der Waals surface area contributed by atoms with E-state index >= 15 is 0 Å². The third-order valence-corrected chi connectivity index (χ3v) is 0. The van der Waals surface area contributed by atoms with Gasteiger partial charge < -0.3 is 23.2 Å². The molecule has 0 atom stereocenters. The molecule has 0 spiro atoms. The molecule has 0 unspecified atom stereocenters. The lowest BCUT2D eigenvalue weighted by Crippen LogP contribution is -2.10. The molecule has 0 amide bonds. The third kappa shape index (κ3) is 170. The van der Waals surface area contributed by atoms with Crippen molar-refractivity contribution in [3.8, 4) is 0 Å². The maximum atomic E-state index is 8.52. The summed E-state index contributed by atoms with van der Waals surface area (Å²) in [7, 11) is 9.81. The summed E-state index contributed by atoms with van der Waals surface area (Å²) >= 11 is -0.639. The van der Waals surface area contributed by atoms with Crippen molar-refractivity contribution in [2.45, 2.75) is 26.4 Å². The first kappa shape index (κ1) is 12.0. The maximum absolute atomic E-state index is 8.52. The van der Waals surface area contributed by atoms with E-state index in [1.54, 1.807) is 20.8 Å². The fourth-order valence-corrected chi connectivity index (χ4v) is 0. The minimum Gasteiger partial charge on any atom is -0.391 e. The number of halogens is 2. The van der Waals surface area contributed by atoms with Crippen LogP contribution in [0, 0.1) is 0 Å². The number of hydrogen-bond donors (Lipinski definition) is 1. The van der Waals surface area contributed by atoms with Gasteiger partial charge in [0.1, 0.15) is 0 Å². The summed E-state index contributed by atoms with van der Waals surface area (Å²) in [5.41, 5.74) is -0.500. The highest BCUT2D eigenvalue weighted by Crippen LogP contribution is 1.93. The summed E-state index contributed by atoms with van der Waals surface area (Å²) in [5.74, 6) is 0. The Morgan fingerprint density at radius 1 is 1.25 bits per heavy atom. The van der Waals surface area contributed by atoms with E-state index in [0.29, 0.717) is 0 Å². The Morgan fingerprint density at radius 2 is 1.25 bits per heavy atom. The molecule has 0 aliphatic carbocycles. The Balaban J connectivity index is 0. The molecule has 0 aliphatic rings. The van der Waals surface area contributed by atoms with Crippen molar-refractivity contribution in [3.05, 3.63) is 0 Å². The molecule has 4 heteroatoms. The van der Waals surface area contributed by atoms with Gasteiger partial charge >= 0.3 is 18.2 Å². The molecule has 0 aromatic heterocycles. The first-order valence-electron chi connectivity index (χ1n) is 2.26. The Morgan fingerprint density at radius 3 is 1.25 bits per heavy atom. The average Bonchev–Trinajstić information content (AvgIpc) is 1.27. The molecular formula is C4H10Cl2MgO. The van der Waals surface area contributed by atoms with E-state index in [-0.39, 0.29) is 0 Å². The van der Waals surface area contributed by atoms with Crippen LogP contribution in [0.4, 0.5) is 0 Å². The number of aliphatic hydroxyl groups is 1. The molecule has 48 valence electrons. The van der Waals surface area contributed by atoms with Gasteiger partial charge in [-0.3, -0.25) is 0 Å². The summed E-state index contributed by atoms with van der Waals surface area (Å²) in [6, 6.07) is 0. The van der Waals surface area contributed by atoms with Crippen LogP contribution in [0.2, 0.25) is 0 Å². The maximum Gasteiger partial charge on any atom is 0.618 e. The quantitative estimate of drug-likeness (QED) is 0.548. The summed E-state index contributed by atoms with van der Waals surface area (Å²) in [4.78, 5) is 0. The van der Waals surface area contributed by atoms with Crippen LogP contribution in [-0.4, -0.2) is 28.9 Å². The van der Waals surface area contributed by atoms with E-state index in [1.165, 1.54) is 0 Å². The summed E-state index contributed by atoms with van der Waals surface area (Å²) < 4.78 is 0. The molecule has 0 rings (SSSR count). The molecule has 0 aromatic rings. The molecule has 0 aliphatic heterocycles. The van der Waals surface area contributed by atoms with Gasteiger partial charge in [0.25, 0.3) is 0 Å². The second-order valence-corrected chi connectivity index (χ2v) is 4.90. The highest BCUT2D eigenvalue weighted by atomic mass is 35.6. The SMILES string of the molecule is CC(C)(C)O.[Cl][Mg][Cl]. The van der Waals surface area contributed by atoms with Crippen molar-refractivity contribution < 1.29 is 5.11 Å². The molecule has 0 saturated carbocycles. The molecule has 1 N–H and O–H groups in total. The highest BCUT2D eigenvalue weighted by molar-refractivity contribution is 7.22. The van der Waals surface area contributed by atoms with Crippen LogP contribution in [0.25, 0.3) is 0 Å². The summed E-state index contributed by atoms with van der Waals surface area (Å²) in [5, 5.41) is 8.52. The van der Waals surface area contributed by atoms with Gasteiger partial charge in [-0.15, -0.1) is 0 Å². The molecular weight excluding hydrogens is 159 g/mol. The highest BCUT2D eigenvalue weighted by Gasteiger charge is 1.97. The fourth-order valence-electron chi connectivity index (χ4n) is 0. The van der Waals surface area contributed by atoms with Gasteiger partial charge in [-0.05, 0) is 20.8 Å². The predicted molar refractivity (Wildman–Crippen MR) is 39.4 cm³/mol. The molecule has 1 nitrogen and oxygen atoms in total. The second kappa shape index (κ2) is 6.43. The summed E-state index contributed by atoms with van der Waals surface area (Å²) in [6.07, 6.45) is 0. The van der Waals surface area contributed by atoms with Crippen molar-refractivity contribution in [3.63, 3.8) is 0 Å². The Labute approximate surface area is 67.6 Å². The zero-order chi connectivity index (χ0) is 7.21. The average molecular weight is 169 g/mol.